The summed E-state index contributed by atoms with van der Waals surface area (Å²) in [5, 5.41) is 0. The molecule has 0 bridgehead atoms. The minimum Gasteiger partial charge on any atom is -0.494 e. The second-order valence-electron chi connectivity index (χ2n) is 6.83. The highest BCUT2D eigenvalue weighted by atomic mass is 19.1. The van der Waals surface area contributed by atoms with Crippen molar-refractivity contribution in [1.29, 1.82) is 0 Å². The van der Waals surface area contributed by atoms with E-state index in [1.807, 2.05) is 6.92 Å². The molecule has 168 valence electrons. The molecule has 3 rings (SSSR count). The van der Waals surface area contributed by atoms with Crippen molar-refractivity contribution in [2.24, 2.45) is 0 Å². The smallest absolute Gasteiger partial charge is 0.279 e. The van der Waals surface area contributed by atoms with Gasteiger partial charge in [0.2, 0.25) is 5.91 Å². The van der Waals surface area contributed by atoms with Crippen LogP contribution >= 0.6 is 0 Å². The van der Waals surface area contributed by atoms with Gasteiger partial charge in [-0.25, -0.2) is 9.37 Å². The number of carbonyl (C=O) groups excluding carboxylic acids is 2. The van der Waals surface area contributed by atoms with Gasteiger partial charge in [-0.2, -0.15) is 0 Å². The quantitative estimate of drug-likeness (QED) is 0.493. The number of halogens is 1. The Labute approximate surface area is 184 Å². The van der Waals surface area contributed by atoms with Gasteiger partial charge in [0, 0.05) is 18.4 Å². The minimum atomic E-state index is -0.821. The van der Waals surface area contributed by atoms with Crippen molar-refractivity contribution in [2.45, 2.75) is 32.8 Å². The van der Waals surface area contributed by atoms with Crippen molar-refractivity contribution < 1.29 is 27.9 Å². The molecule has 2 aromatic carbocycles. The predicted molar refractivity (Wildman–Crippen MR) is 114 cm³/mol. The number of nitrogens with one attached hydrogen (secondary N) is 2. The number of amides is 2. The zero-order chi connectivity index (χ0) is 22.9. The van der Waals surface area contributed by atoms with Crippen LogP contribution in [-0.4, -0.2) is 29.5 Å². The number of rotatable bonds is 9. The molecule has 9 heteroatoms. The fourth-order valence-electron chi connectivity index (χ4n) is 2.73. The Hall–Kier alpha value is -3.88. The minimum absolute atomic E-state index is 0.0534. The first-order valence-electron chi connectivity index (χ1n) is 10.1. The molecule has 3 aromatic rings. The van der Waals surface area contributed by atoms with E-state index in [0.717, 1.165) is 0 Å². The highest BCUT2D eigenvalue weighted by Crippen LogP contribution is 2.21. The molecule has 2 N–H and O–H groups in total. The summed E-state index contributed by atoms with van der Waals surface area (Å²) in [4.78, 5) is 28.3. The van der Waals surface area contributed by atoms with Crippen LogP contribution in [0.25, 0.3) is 11.3 Å². The zero-order valence-corrected chi connectivity index (χ0v) is 17.8. The van der Waals surface area contributed by atoms with Gasteiger partial charge >= 0.3 is 0 Å². The van der Waals surface area contributed by atoms with Gasteiger partial charge in [0.05, 0.1) is 12.8 Å². The van der Waals surface area contributed by atoms with Gasteiger partial charge in [0.1, 0.15) is 17.3 Å². The van der Waals surface area contributed by atoms with Crippen LogP contribution in [-0.2, 0) is 16.0 Å². The summed E-state index contributed by atoms with van der Waals surface area (Å²) in [6.07, 6.45) is 0.986. The largest absolute Gasteiger partial charge is 0.494 e. The summed E-state index contributed by atoms with van der Waals surface area (Å²) >= 11 is 0. The van der Waals surface area contributed by atoms with E-state index < -0.39 is 17.9 Å². The number of aryl methyl sites for hydroxylation is 1. The average molecular weight is 441 g/mol. The first kappa shape index (κ1) is 22.8. The first-order valence-corrected chi connectivity index (χ1v) is 10.1. The van der Waals surface area contributed by atoms with E-state index in [-0.39, 0.29) is 18.7 Å². The summed E-state index contributed by atoms with van der Waals surface area (Å²) in [5.41, 5.74) is 5.36. The number of ether oxygens (including phenoxy) is 2. The van der Waals surface area contributed by atoms with Gasteiger partial charge in [-0.3, -0.25) is 20.4 Å². The molecular weight excluding hydrogens is 417 g/mol. The number of benzene rings is 2. The second kappa shape index (κ2) is 10.9. The number of aromatic nitrogens is 1. The molecule has 0 radical (unpaired) electrons. The molecule has 8 nitrogen and oxygen atoms in total. The first-order chi connectivity index (χ1) is 15.4. The lowest BCUT2D eigenvalue weighted by atomic mass is 10.2. The highest BCUT2D eigenvalue weighted by molar-refractivity contribution is 5.84. The fourth-order valence-corrected chi connectivity index (χ4v) is 2.73. The van der Waals surface area contributed by atoms with E-state index in [4.69, 9.17) is 13.9 Å². The number of hydrogen-bond donors (Lipinski definition) is 2. The van der Waals surface area contributed by atoms with E-state index in [2.05, 4.69) is 15.8 Å². The lowest BCUT2D eigenvalue weighted by Crippen LogP contribution is -2.47. The normalized spacial score (nSPS) is 11.5. The van der Waals surface area contributed by atoms with Crippen molar-refractivity contribution >= 4 is 11.8 Å². The lowest BCUT2D eigenvalue weighted by molar-refractivity contribution is -0.132. The zero-order valence-electron chi connectivity index (χ0n) is 17.8. The third-order valence-electron chi connectivity index (χ3n) is 4.39. The monoisotopic (exact) mass is 441 g/mol. The van der Waals surface area contributed by atoms with Crippen LogP contribution in [0.15, 0.2) is 59.1 Å². The molecule has 1 heterocycles. The second-order valence-corrected chi connectivity index (χ2v) is 6.83. The average Bonchev–Trinajstić information content (AvgIpc) is 3.27. The van der Waals surface area contributed by atoms with Gasteiger partial charge in [-0.1, -0.05) is 0 Å². The molecule has 1 atom stereocenters. The Balaban J connectivity index is 1.40. The molecule has 0 aliphatic carbocycles. The van der Waals surface area contributed by atoms with Crippen LogP contribution in [0.5, 0.6) is 11.5 Å². The number of carbonyl (C=O) groups is 2. The van der Waals surface area contributed by atoms with Crippen LogP contribution in [0.3, 0.4) is 0 Å². The van der Waals surface area contributed by atoms with Crippen molar-refractivity contribution in [2.75, 3.05) is 6.61 Å². The van der Waals surface area contributed by atoms with E-state index in [1.54, 1.807) is 43.3 Å². The summed E-state index contributed by atoms with van der Waals surface area (Å²) < 4.78 is 29.5. The maximum Gasteiger partial charge on any atom is 0.279 e. The molecule has 2 amide bonds. The maximum atomic E-state index is 13.0. The Bertz CT molecular complexity index is 1030. The number of oxazole rings is 1. The van der Waals surface area contributed by atoms with E-state index in [0.29, 0.717) is 35.3 Å². The molecule has 0 aliphatic heterocycles. The van der Waals surface area contributed by atoms with Crippen LogP contribution < -0.4 is 20.3 Å². The summed E-state index contributed by atoms with van der Waals surface area (Å²) in [5.74, 6) is 0.803. The SMILES string of the molecule is CCOc1ccc(OC(C)C(=O)NNC(=O)CCc2ncc(-c3ccc(F)cc3)o2)cc1. The Kier molecular flexibility index (Phi) is 7.80. The molecule has 0 saturated heterocycles. The van der Waals surface area contributed by atoms with Crippen molar-refractivity contribution in [3.63, 3.8) is 0 Å². The molecule has 1 unspecified atom stereocenters. The maximum absolute atomic E-state index is 13.0. The number of hydrazine groups is 1. The fraction of sp³-hybridized carbons (Fsp3) is 0.261. The lowest BCUT2D eigenvalue weighted by Gasteiger charge is -2.15. The molecule has 32 heavy (non-hydrogen) atoms. The highest BCUT2D eigenvalue weighted by Gasteiger charge is 2.16. The molecule has 0 spiro atoms. The van der Waals surface area contributed by atoms with Gasteiger partial charge in [-0.05, 0) is 62.4 Å². The van der Waals surface area contributed by atoms with Crippen LogP contribution in [0.4, 0.5) is 4.39 Å². The Morgan fingerprint density at radius 3 is 2.44 bits per heavy atom. The van der Waals surface area contributed by atoms with E-state index >= 15 is 0 Å². The predicted octanol–water partition coefficient (Wildman–Crippen LogP) is 3.43. The summed E-state index contributed by atoms with van der Waals surface area (Å²) in [7, 11) is 0. The van der Waals surface area contributed by atoms with Gasteiger partial charge in [-0.15, -0.1) is 0 Å². The molecule has 0 fully saturated rings. The number of nitrogens with zero attached hydrogens (tertiary/aromatic N) is 1. The van der Waals surface area contributed by atoms with Gasteiger partial charge in [0.15, 0.2) is 17.8 Å². The third-order valence-corrected chi connectivity index (χ3v) is 4.39. The van der Waals surface area contributed by atoms with Gasteiger partial charge < -0.3 is 13.9 Å². The van der Waals surface area contributed by atoms with Crippen LogP contribution in [0.2, 0.25) is 0 Å². The molecule has 1 aromatic heterocycles. The summed E-state index contributed by atoms with van der Waals surface area (Å²) in [6.45, 7) is 4.02. The Morgan fingerprint density at radius 2 is 1.75 bits per heavy atom. The third kappa shape index (κ3) is 6.56. The van der Waals surface area contributed by atoms with E-state index in [9.17, 15) is 14.0 Å². The van der Waals surface area contributed by atoms with Crippen molar-refractivity contribution in [1.82, 2.24) is 15.8 Å². The van der Waals surface area contributed by atoms with Crippen molar-refractivity contribution in [3.8, 4) is 22.8 Å². The molecule has 0 aliphatic rings. The summed E-state index contributed by atoms with van der Waals surface area (Å²) in [6, 6.07) is 12.7. The van der Waals surface area contributed by atoms with Crippen molar-refractivity contribution in [3.05, 3.63) is 66.4 Å². The Morgan fingerprint density at radius 1 is 1.06 bits per heavy atom. The van der Waals surface area contributed by atoms with Crippen LogP contribution in [0.1, 0.15) is 26.2 Å². The van der Waals surface area contributed by atoms with Gasteiger partial charge in [0.25, 0.3) is 5.91 Å². The standard InChI is InChI=1S/C23H24FN3O5/c1-3-30-18-8-10-19(11-9-18)31-15(2)23(29)27-26-21(28)12-13-22-25-14-20(32-22)16-4-6-17(24)7-5-16/h4-11,14-15H,3,12-13H2,1-2H3,(H,26,28)(H,27,29). The van der Waals surface area contributed by atoms with E-state index in [1.165, 1.54) is 18.3 Å². The van der Waals surface area contributed by atoms with Crippen LogP contribution in [0, 0.1) is 5.82 Å². The number of hydrogen-bond acceptors (Lipinski definition) is 6. The molecule has 0 saturated carbocycles. The topological polar surface area (TPSA) is 103 Å². The molecular formula is C23H24FN3O5.